The van der Waals surface area contributed by atoms with Crippen LogP contribution >= 0.6 is 12.2 Å². The van der Waals surface area contributed by atoms with Gasteiger partial charge in [0, 0.05) is 5.70 Å². The monoisotopic (exact) mass is 266 g/mol. The van der Waals surface area contributed by atoms with Gasteiger partial charge in [-0.2, -0.15) is 0 Å². The average Bonchev–Trinajstić information content (AvgIpc) is 2.81. The second-order valence-electron chi connectivity index (χ2n) is 3.85. The molecule has 0 amide bonds. The molecule has 0 aliphatic carbocycles. The van der Waals surface area contributed by atoms with Crippen molar-refractivity contribution in [3.05, 3.63) is 36.4 Å². The van der Waals surface area contributed by atoms with E-state index < -0.39 is 5.92 Å². The number of rotatable bonds is 3. The number of ether oxygens (including phenoxy) is 1. The van der Waals surface area contributed by atoms with Crippen molar-refractivity contribution in [2.75, 3.05) is 6.61 Å². The average molecular weight is 266 g/mol. The molecular weight excluding hydrogens is 252 g/mol. The summed E-state index contributed by atoms with van der Waals surface area (Å²) < 4.78 is 10.4. The molecule has 0 aromatic carbocycles. The van der Waals surface area contributed by atoms with E-state index in [0.717, 1.165) is 0 Å². The fourth-order valence-corrected chi connectivity index (χ4v) is 2.16. The van der Waals surface area contributed by atoms with Gasteiger partial charge in [0.2, 0.25) is 0 Å². The normalized spacial score (nSPS) is 23.2. The Morgan fingerprint density at radius 1 is 1.67 bits per heavy atom. The van der Waals surface area contributed by atoms with Crippen molar-refractivity contribution >= 4 is 23.3 Å². The van der Waals surface area contributed by atoms with Gasteiger partial charge in [-0.3, -0.25) is 4.79 Å². The van der Waals surface area contributed by atoms with E-state index in [1.165, 1.54) is 0 Å². The van der Waals surface area contributed by atoms with Gasteiger partial charge in [-0.25, -0.2) is 0 Å². The SMILES string of the molecule is C=C1NC(=S)NC(c2ccco2)C1C(=O)OCC. The Labute approximate surface area is 110 Å². The summed E-state index contributed by atoms with van der Waals surface area (Å²) >= 11 is 5.06. The number of thiocarbonyl (C=S) groups is 1. The summed E-state index contributed by atoms with van der Waals surface area (Å²) in [5, 5.41) is 6.27. The zero-order valence-electron chi connectivity index (χ0n) is 9.93. The number of esters is 1. The summed E-state index contributed by atoms with van der Waals surface area (Å²) in [5.74, 6) is -0.299. The first-order valence-electron chi connectivity index (χ1n) is 5.59. The van der Waals surface area contributed by atoms with E-state index in [-0.39, 0.29) is 12.0 Å². The van der Waals surface area contributed by atoms with Crippen LogP contribution in [0, 0.1) is 5.92 Å². The molecule has 0 spiro atoms. The number of furan rings is 1. The van der Waals surface area contributed by atoms with Gasteiger partial charge in [0.15, 0.2) is 5.11 Å². The van der Waals surface area contributed by atoms with Crippen molar-refractivity contribution in [1.29, 1.82) is 0 Å². The Kier molecular flexibility index (Phi) is 3.66. The molecule has 5 nitrogen and oxygen atoms in total. The van der Waals surface area contributed by atoms with E-state index in [0.29, 0.717) is 23.2 Å². The van der Waals surface area contributed by atoms with E-state index >= 15 is 0 Å². The first kappa shape index (κ1) is 12.6. The maximum atomic E-state index is 12.0. The Bertz CT molecular complexity index is 470. The lowest BCUT2D eigenvalue weighted by Gasteiger charge is -2.33. The highest BCUT2D eigenvalue weighted by molar-refractivity contribution is 7.80. The van der Waals surface area contributed by atoms with Gasteiger partial charge >= 0.3 is 5.97 Å². The fourth-order valence-electron chi connectivity index (χ4n) is 1.90. The first-order valence-corrected chi connectivity index (χ1v) is 6.00. The summed E-state index contributed by atoms with van der Waals surface area (Å²) in [5.41, 5.74) is 0.513. The summed E-state index contributed by atoms with van der Waals surface area (Å²) in [4.78, 5) is 12.0. The Balaban J connectivity index is 2.29. The van der Waals surface area contributed by atoms with Gasteiger partial charge in [0.05, 0.1) is 12.9 Å². The van der Waals surface area contributed by atoms with Crippen molar-refractivity contribution in [2.24, 2.45) is 5.92 Å². The van der Waals surface area contributed by atoms with Crippen molar-refractivity contribution < 1.29 is 13.9 Å². The zero-order chi connectivity index (χ0) is 13.1. The van der Waals surface area contributed by atoms with Crippen LogP contribution < -0.4 is 10.6 Å². The third-order valence-electron chi connectivity index (χ3n) is 2.66. The molecule has 1 saturated heterocycles. The second-order valence-corrected chi connectivity index (χ2v) is 4.25. The van der Waals surface area contributed by atoms with Gasteiger partial charge in [0.1, 0.15) is 17.7 Å². The largest absolute Gasteiger partial charge is 0.467 e. The Hall–Kier alpha value is -1.82. The molecule has 2 N–H and O–H groups in total. The standard InChI is InChI=1S/C12H14N2O3S/c1-3-16-11(15)9-7(2)13-12(18)14-10(9)8-5-4-6-17-8/h4-6,9-10H,2-3H2,1H3,(H2,13,14,18). The topological polar surface area (TPSA) is 63.5 Å². The molecule has 6 heteroatoms. The smallest absolute Gasteiger partial charge is 0.317 e. The molecule has 1 aliphatic rings. The zero-order valence-corrected chi connectivity index (χ0v) is 10.8. The summed E-state index contributed by atoms with van der Waals surface area (Å²) in [6.45, 7) is 5.91. The van der Waals surface area contributed by atoms with E-state index in [4.69, 9.17) is 21.4 Å². The van der Waals surface area contributed by atoms with Crippen LogP contribution in [0.5, 0.6) is 0 Å². The maximum absolute atomic E-state index is 12.0. The van der Waals surface area contributed by atoms with Crippen molar-refractivity contribution in [3.63, 3.8) is 0 Å². The third kappa shape index (κ3) is 2.38. The van der Waals surface area contributed by atoms with Crippen LogP contribution in [-0.4, -0.2) is 17.7 Å². The first-order chi connectivity index (χ1) is 8.63. The number of nitrogens with one attached hydrogen (secondary N) is 2. The third-order valence-corrected chi connectivity index (χ3v) is 2.88. The van der Waals surface area contributed by atoms with Crippen LogP contribution in [0.15, 0.2) is 35.1 Å². The van der Waals surface area contributed by atoms with Crippen molar-refractivity contribution in [2.45, 2.75) is 13.0 Å². The molecule has 2 atom stereocenters. The molecular formula is C12H14N2O3S. The van der Waals surface area contributed by atoms with Gasteiger partial charge in [-0.15, -0.1) is 0 Å². The van der Waals surface area contributed by atoms with Crippen LogP contribution in [0.4, 0.5) is 0 Å². The molecule has 1 fully saturated rings. The van der Waals surface area contributed by atoms with Crippen molar-refractivity contribution in [1.82, 2.24) is 10.6 Å². The number of hydrogen-bond acceptors (Lipinski definition) is 4. The second kappa shape index (κ2) is 5.22. The minimum Gasteiger partial charge on any atom is -0.467 e. The highest BCUT2D eigenvalue weighted by Gasteiger charge is 2.39. The minimum absolute atomic E-state index is 0.317. The lowest BCUT2D eigenvalue weighted by molar-refractivity contribution is -0.148. The highest BCUT2D eigenvalue weighted by atomic mass is 32.1. The van der Waals surface area contributed by atoms with E-state index in [2.05, 4.69) is 17.2 Å². The van der Waals surface area contributed by atoms with Gasteiger partial charge in [-0.05, 0) is 31.3 Å². The molecule has 2 unspecified atom stereocenters. The molecule has 96 valence electrons. The molecule has 0 radical (unpaired) electrons. The summed E-state index contributed by atoms with van der Waals surface area (Å²) in [7, 11) is 0. The van der Waals surface area contributed by atoms with E-state index in [1.54, 1.807) is 25.3 Å². The van der Waals surface area contributed by atoms with Crippen LogP contribution in [0.3, 0.4) is 0 Å². The van der Waals surface area contributed by atoms with Gasteiger partial charge in [-0.1, -0.05) is 6.58 Å². The number of carbonyl (C=O) groups excluding carboxylic acids is 1. The molecule has 1 aromatic rings. The van der Waals surface area contributed by atoms with E-state index in [1.807, 2.05) is 0 Å². The van der Waals surface area contributed by atoms with Crippen molar-refractivity contribution in [3.8, 4) is 0 Å². The fraction of sp³-hybridized carbons (Fsp3) is 0.333. The van der Waals surface area contributed by atoms with E-state index in [9.17, 15) is 4.79 Å². The maximum Gasteiger partial charge on any atom is 0.317 e. The molecule has 2 heterocycles. The number of hydrogen-bond donors (Lipinski definition) is 2. The van der Waals surface area contributed by atoms with Crippen LogP contribution in [0.25, 0.3) is 0 Å². The lowest BCUT2D eigenvalue weighted by atomic mass is 9.93. The Morgan fingerprint density at radius 3 is 3.06 bits per heavy atom. The Morgan fingerprint density at radius 2 is 2.44 bits per heavy atom. The molecule has 18 heavy (non-hydrogen) atoms. The number of carbonyl (C=O) groups is 1. The molecule has 0 saturated carbocycles. The molecule has 0 bridgehead atoms. The molecule has 2 rings (SSSR count). The predicted molar refractivity (Wildman–Crippen MR) is 69.6 cm³/mol. The van der Waals surface area contributed by atoms with Gasteiger partial charge < -0.3 is 19.8 Å². The lowest BCUT2D eigenvalue weighted by Crippen LogP contribution is -2.50. The molecule has 1 aromatic heterocycles. The van der Waals surface area contributed by atoms with Crippen LogP contribution in [0.1, 0.15) is 18.7 Å². The predicted octanol–water partition coefficient (Wildman–Crippen LogP) is 1.49. The van der Waals surface area contributed by atoms with Crippen LogP contribution in [0.2, 0.25) is 0 Å². The molecule has 1 aliphatic heterocycles. The highest BCUT2D eigenvalue weighted by Crippen LogP contribution is 2.30. The van der Waals surface area contributed by atoms with Gasteiger partial charge in [0.25, 0.3) is 0 Å². The van der Waals surface area contributed by atoms with Crippen LogP contribution in [-0.2, 0) is 9.53 Å². The summed E-state index contributed by atoms with van der Waals surface area (Å²) in [6, 6.07) is 3.15. The minimum atomic E-state index is -0.567. The quantitative estimate of drug-likeness (QED) is 0.638. The summed E-state index contributed by atoms with van der Waals surface area (Å²) in [6.07, 6.45) is 1.55.